The maximum Gasteiger partial charge on any atom is 0.320 e. The zero-order valence-electron chi connectivity index (χ0n) is 6.78. The molecule has 0 rings (SSSR count). The maximum absolute atomic E-state index is 10.1. The van der Waals surface area contributed by atoms with Gasteiger partial charge in [0.1, 0.15) is 6.04 Å². The summed E-state index contributed by atoms with van der Waals surface area (Å²) in [6.07, 6.45) is 4.17. The first-order chi connectivity index (χ1) is 5.18. The van der Waals surface area contributed by atoms with Crippen molar-refractivity contribution in [3.8, 4) is 0 Å². The molecule has 0 radical (unpaired) electrons. The summed E-state index contributed by atoms with van der Waals surface area (Å²) in [6.45, 7) is 0. The smallest absolute Gasteiger partial charge is 0.320 e. The van der Waals surface area contributed by atoms with Crippen molar-refractivity contribution < 1.29 is 9.90 Å². The van der Waals surface area contributed by atoms with Crippen LogP contribution in [0, 0.1) is 0 Å². The highest BCUT2D eigenvalue weighted by Gasteiger charge is 2.08. The minimum atomic E-state index is -0.913. The van der Waals surface area contributed by atoms with Crippen LogP contribution in [0.5, 0.6) is 0 Å². The van der Waals surface area contributed by atoms with E-state index in [0.717, 1.165) is 5.75 Å². The van der Waals surface area contributed by atoms with Crippen molar-refractivity contribution in [2.24, 2.45) is 5.73 Å². The highest BCUT2D eigenvalue weighted by atomic mass is 32.2. The third-order valence-corrected chi connectivity index (χ3v) is 1.59. The molecule has 0 aliphatic heterocycles. The van der Waals surface area contributed by atoms with E-state index in [2.05, 4.69) is 12.6 Å². The summed E-state index contributed by atoms with van der Waals surface area (Å²) in [6, 6.07) is -0.683. The number of rotatable bonds is 4. The van der Waals surface area contributed by atoms with Crippen molar-refractivity contribution in [3.63, 3.8) is 0 Å². The number of aliphatic carboxylic acids is 1. The minimum absolute atomic E-state index is 0.552. The summed E-state index contributed by atoms with van der Waals surface area (Å²) in [5, 5.41) is 8.27. The normalized spacial score (nSPS) is 11.3. The molecular weight excluding hydrogens is 182 g/mol. The Morgan fingerprint density at radius 1 is 1.73 bits per heavy atom. The Labute approximate surface area is 77.1 Å². The molecule has 0 aliphatic carbocycles. The Hall–Kier alpha value is 0.130. The Morgan fingerprint density at radius 2 is 2.18 bits per heavy atom. The summed E-state index contributed by atoms with van der Waals surface area (Å²) in [5.74, 6) is -0.1000. The van der Waals surface area contributed by atoms with Crippen LogP contribution in [0.2, 0.25) is 0 Å². The Morgan fingerprint density at radius 3 is 2.45 bits per heavy atom. The van der Waals surface area contributed by atoms with Gasteiger partial charge in [0.05, 0.1) is 0 Å². The predicted molar refractivity (Wildman–Crippen MR) is 53.5 cm³/mol. The summed E-state index contributed by atoms with van der Waals surface area (Å²) >= 11 is 5.13. The third-order valence-electron chi connectivity index (χ3n) is 0.950. The molecule has 0 aromatic rings. The molecule has 0 fully saturated rings. The summed E-state index contributed by atoms with van der Waals surface area (Å²) in [5.41, 5.74) is 5.19. The van der Waals surface area contributed by atoms with Crippen LogP contribution < -0.4 is 5.73 Å². The molecule has 1 atom stereocenters. The largest absolute Gasteiger partial charge is 0.480 e. The molecule has 0 saturated carbocycles. The van der Waals surface area contributed by atoms with Crippen molar-refractivity contribution in [2.75, 3.05) is 18.3 Å². The average Bonchev–Trinajstić information content (AvgIpc) is 2.03. The van der Waals surface area contributed by atoms with Crippen LogP contribution in [-0.4, -0.2) is 35.4 Å². The van der Waals surface area contributed by atoms with Crippen LogP contribution in [0.4, 0.5) is 0 Å². The molecule has 0 aromatic carbocycles. The molecule has 0 aromatic heterocycles. The van der Waals surface area contributed by atoms with E-state index in [0.29, 0.717) is 6.42 Å². The molecule has 0 saturated heterocycles. The van der Waals surface area contributed by atoms with Gasteiger partial charge in [0.2, 0.25) is 0 Å². The fraction of sp³-hybridized carbons (Fsp3) is 0.833. The molecule has 0 bridgehead atoms. The fourth-order valence-corrected chi connectivity index (χ4v) is 0.858. The quantitative estimate of drug-likeness (QED) is 0.580. The Balaban J connectivity index is 0. The molecule has 3 nitrogen and oxygen atoms in total. The van der Waals surface area contributed by atoms with Crippen LogP contribution >= 0.6 is 24.4 Å². The molecule has 0 amide bonds. The number of carbonyl (C=O) groups is 1. The van der Waals surface area contributed by atoms with Crippen LogP contribution in [0.1, 0.15) is 6.42 Å². The van der Waals surface area contributed by atoms with E-state index in [1.54, 1.807) is 18.0 Å². The number of carboxylic acids is 1. The van der Waals surface area contributed by atoms with Crippen LogP contribution in [-0.2, 0) is 4.79 Å². The highest BCUT2D eigenvalue weighted by Crippen LogP contribution is 1.97. The van der Waals surface area contributed by atoms with Crippen molar-refractivity contribution in [1.82, 2.24) is 0 Å². The molecule has 0 heterocycles. The third kappa shape index (κ3) is 10.1. The maximum atomic E-state index is 10.1. The Kier molecular flexibility index (Phi) is 12.6. The van der Waals surface area contributed by atoms with E-state index >= 15 is 0 Å². The highest BCUT2D eigenvalue weighted by molar-refractivity contribution is 7.98. The zero-order valence-corrected chi connectivity index (χ0v) is 8.49. The van der Waals surface area contributed by atoms with Crippen LogP contribution in [0.25, 0.3) is 0 Å². The second-order valence-corrected chi connectivity index (χ2v) is 2.71. The number of nitrogens with two attached hydrogens (primary N) is 1. The molecule has 0 aliphatic rings. The zero-order chi connectivity index (χ0) is 9.28. The topological polar surface area (TPSA) is 63.3 Å². The van der Waals surface area contributed by atoms with Crippen LogP contribution in [0.15, 0.2) is 0 Å². The lowest BCUT2D eigenvalue weighted by atomic mass is 10.2. The van der Waals surface area contributed by atoms with Gasteiger partial charge in [-0.3, -0.25) is 4.79 Å². The van der Waals surface area contributed by atoms with Crippen molar-refractivity contribution in [3.05, 3.63) is 0 Å². The van der Waals surface area contributed by atoms with Gasteiger partial charge in [-0.1, -0.05) is 0 Å². The first-order valence-electron chi connectivity index (χ1n) is 3.10. The number of hydrogen-bond acceptors (Lipinski definition) is 4. The van der Waals surface area contributed by atoms with Crippen molar-refractivity contribution >= 4 is 30.4 Å². The average molecular weight is 197 g/mol. The second kappa shape index (κ2) is 10.1. The number of carboxylic acid groups (broad SMARTS) is 1. The van der Waals surface area contributed by atoms with E-state index in [-0.39, 0.29) is 0 Å². The van der Waals surface area contributed by atoms with Gasteiger partial charge in [0, 0.05) is 0 Å². The van der Waals surface area contributed by atoms with Gasteiger partial charge < -0.3 is 10.8 Å². The van der Waals surface area contributed by atoms with E-state index in [4.69, 9.17) is 10.8 Å². The van der Waals surface area contributed by atoms with Gasteiger partial charge in [-0.05, 0) is 24.7 Å². The van der Waals surface area contributed by atoms with E-state index in [1.807, 2.05) is 6.26 Å². The molecule has 0 spiro atoms. The Bertz CT molecular complexity index is 101. The van der Waals surface area contributed by atoms with E-state index < -0.39 is 12.0 Å². The van der Waals surface area contributed by atoms with Gasteiger partial charge in [0.25, 0.3) is 0 Å². The van der Waals surface area contributed by atoms with Crippen molar-refractivity contribution in [2.45, 2.75) is 12.5 Å². The van der Waals surface area contributed by atoms with Crippen LogP contribution in [0.3, 0.4) is 0 Å². The lowest BCUT2D eigenvalue weighted by Crippen LogP contribution is -2.30. The molecule has 11 heavy (non-hydrogen) atoms. The number of thiol groups is 1. The monoisotopic (exact) mass is 197 g/mol. The van der Waals surface area contributed by atoms with Gasteiger partial charge in [-0.15, -0.1) is 0 Å². The molecule has 68 valence electrons. The summed E-state index contributed by atoms with van der Waals surface area (Å²) in [7, 11) is 0. The van der Waals surface area contributed by atoms with Gasteiger partial charge in [-0.2, -0.15) is 24.4 Å². The molecule has 1 unspecified atom stereocenters. The van der Waals surface area contributed by atoms with Gasteiger partial charge in [-0.25, -0.2) is 0 Å². The van der Waals surface area contributed by atoms with E-state index in [1.165, 1.54) is 0 Å². The first-order valence-corrected chi connectivity index (χ1v) is 5.39. The summed E-state index contributed by atoms with van der Waals surface area (Å²) in [4.78, 5) is 10.1. The SMILES string of the molecule is CS.CSCCC(N)C(=O)O. The molecule has 3 N–H and O–H groups in total. The lowest BCUT2D eigenvalue weighted by Gasteiger charge is -2.02. The second-order valence-electron chi connectivity index (χ2n) is 1.73. The number of hydrogen-bond donors (Lipinski definition) is 3. The standard InChI is InChI=1S/C5H11NO2S.CH4S/c1-9-3-2-4(6)5(7)8;1-2/h4H,2-3,6H2,1H3,(H,7,8);2H,1H3. The molecule has 5 heteroatoms. The molecular formula is C6H15NO2S2. The predicted octanol–water partition coefficient (Wildman–Crippen LogP) is 0.697. The van der Waals surface area contributed by atoms with Crippen molar-refractivity contribution in [1.29, 1.82) is 0 Å². The van der Waals surface area contributed by atoms with E-state index in [9.17, 15) is 4.79 Å². The van der Waals surface area contributed by atoms with Gasteiger partial charge in [0.15, 0.2) is 0 Å². The fourth-order valence-electron chi connectivity index (χ4n) is 0.368. The van der Waals surface area contributed by atoms with Gasteiger partial charge >= 0.3 is 5.97 Å². The number of thioether (sulfide) groups is 1. The minimum Gasteiger partial charge on any atom is -0.480 e. The first kappa shape index (κ1) is 13.7. The summed E-state index contributed by atoms with van der Waals surface area (Å²) < 4.78 is 0. The lowest BCUT2D eigenvalue weighted by molar-refractivity contribution is -0.138.